The highest BCUT2D eigenvalue weighted by Gasteiger charge is 2.69. The topological polar surface area (TPSA) is 79.3 Å². The van der Waals surface area contributed by atoms with Crippen LogP contribution in [0.15, 0.2) is 30.9 Å². The van der Waals surface area contributed by atoms with Crippen LogP contribution in [0.5, 0.6) is 0 Å². The Morgan fingerprint density at radius 3 is 2.41 bits per heavy atom. The Morgan fingerprint density at radius 2 is 1.76 bits per heavy atom. The summed E-state index contributed by atoms with van der Waals surface area (Å²) in [6.45, 7) is 4.28. The van der Waals surface area contributed by atoms with Crippen molar-refractivity contribution in [1.29, 1.82) is 0 Å². The number of imidazole rings is 1. The molecule has 0 aromatic carbocycles. The molecule has 7 heteroatoms. The number of hydrogen-bond donors (Lipinski definition) is 2. The number of rotatable bonds is 8. The number of unbranched alkanes of at least 4 members (excludes halogenated alkanes) is 1. The number of nitrogens with zero attached hydrogens (tertiary/aromatic N) is 3. The molecule has 4 aliphatic rings. The molecule has 2 N–H and O–H groups in total. The normalized spacial score (nSPS) is 31.4. The molecule has 0 radical (unpaired) electrons. The van der Waals surface area contributed by atoms with Crippen LogP contribution in [0.2, 0.25) is 0 Å². The van der Waals surface area contributed by atoms with Crippen molar-refractivity contribution in [2.24, 2.45) is 29.1 Å². The minimum atomic E-state index is -0.292. The van der Waals surface area contributed by atoms with Crippen molar-refractivity contribution < 1.29 is 9.59 Å². The van der Waals surface area contributed by atoms with Crippen molar-refractivity contribution in [1.82, 2.24) is 19.9 Å². The highest BCUT2D eigenvalue weighted by atomic mass is 16.2. The van der Waals surface area contributed by atoms with Crippen molar-refractivity contribution in [3.05, 3.63) is 30.9 Å². The average molecular weight is 398 g/mol. The molecule has 4 atom stereocenters. The molecule has 2 amide bonds. The van der Waals surface area contributed by atoms with E-state index in [0.717, 1.165) is 32.2 Å². The molecular weight excluding hydrogens is 366 g/mol. The quantitative estimate of drug-likeness (QED) is 0.518. The molecule has 3 aliphatic carbocycles. The number of likely N-dealkylation sites (tertiary alicyclic amines) is 1. The SMILES string of the molecule is O=C(NCCCCN1CCCC1)[C@H]1[C@H](C(=O)Nn2ccnc2)[C@@H]2C=C[C@H]1C21CC1. The fourth-order valence-electron chi connectivity index (χ4n) is 6.03. The fourth-order valence-corrected chi connectivity index (χ4v) is 6.03. The van der Waals surface area contributed by atoms with E-state index in [4.69, 9.17) is 0 Å². The van der Waals surface area contributed by atoms with Crippen LogP contribution in [-0.4, -0.2) is 52.6 Å². The molecule has 29 heavy (non-hydrogen) atoms. The first-order valence-corrected chi connectivity index (χ1v) is 11.2. The summed E-state index contributed by atoms with van der Waals surface area (Å²) < 4.78 is 1.57. The molecule has 0 unspecified atom stereocenters. The fraction of sp³-hybridized carbons (Fsp3) is 0.682. The van der Waals surface area contributed by atoms with E-state index >= 15 is 0 Å². The molecule has 156 valence electrons. The first-order chi connectivity index (χ1) is 14.2. The first kappa shape index (κ1) is 18.9. The lowest BCUT2D eigenvalue weighted by Gasteiger charge is -2.26. The maximum Gasteiger partial charge on any atom is 0.243 e. The standard InChI is InChI=1S/C22H31N5O2/c28-20(24-9-1-2-11-26-12-3-4-13-26)18-16-5-6-17(22(16)7-8-22)19(18)21(29)25-27-14-10-23-15-27/h5-6,10,14-19H,1-4,7-9,11-13H2,(H,24,28)(H,25,29)/t16-,17+,18-,19-/m1/s1. The zero-order valence-electron chi connectivity index (χ0n) is 16.9. The number of carbonyl (C=O) groups is 2. The van der Waals surface area contributed by atoms with E-state index in [1.54, 1.807) is 23.4 Å². The number of hydrogen-bond acceptors (Lipinski definition) is 4. The second-order valence-electron chi connectivity index (χ2n) is 9.21. The van der Waals surface area contributed by atoms with Crippen molar-refractivity contribution in [2.45, 2.75) is 38.5 Å². The summed E-state index contributed by atoms with van der Waals surface area (Å²) in [5.74, 6) is -0.174. The number of carbonyl (C=O) groups excluding carboxylic acids is 2. The minimum Gasteiger partial charge on any atom is -0.356 e. The monoisotopic (exact) mass is 397 g/mol. The summed E-state index contributed by atoms with van der Waals surface area (Å²) in [5.41, 5.74) is 3.06. The second kappa shape index (κ2) is 7.59. The Bertz CT molecular complexity index is 779. The van der Waals surface area contributed by atoms with Gasteiger partial charge in [-0.1, -0.05) is 12.2 Å². The Kier molecular flexibility index (Phi) is 4.94. The molecule has 2 heterocycles. The molecule has 1 aromatic heterocycles. The van der Waals surface area contributed by atoms with Crippen LogP contribution < -0.4 is 10.7 Å². The van der Waals surface area contributed by atoms with Gasteiger partial charge in [-0.2, -0.15) is 0 Å². The van der Waals surface area contributed by atoms with Gasteiger partial charge < -0.3 is 10.2 Å². The predicted octanol–water partition coefficient (Wildman–Crippen LogP) is 1.77. The molecule has 1 saturated heterocycles. The van der Waals surface area contributed by atoms with Gasteiger partial charge in [0.2, 0.25) is 11.8 Å². The van der Waals surface area contributed by atoms with Crippen LogP contribution in [0.3, 0.4) is 0 Å². The van der Waals surface area contributed by atoms with Crippen LogP contribution in [-0.2, 0) is 9.59 Å². The molecular formula is C22H31N5O2. The van der Waals surface area contributed by atoms with E-state index in [1.165, 1.54) is 25.9 Å². The van der Waals surface area contributed by atoms with Crippen LogP contribution in [0.25, 0.3) is 0 Å². The van der Waals surface area contributed by atoms with Gasteiger partial charge in [0.15, 0.2) is 0 Å². The van der Waals surface area contributed by atoms with E-state index in [2.05, 4.69) is 32.8 Å². The van der Waals surface area contributed by atoms with E-state index in [0.29, 0.717) is 6.54 Å². The number of nitrogens with one attached hydrogen (secondary N) is 2. The van der Waals surface area contributed by atoms with Crippen molar-refractivity contribution in [3.63, 3.8) is 0 Å². The number of aromatic nitrogens is 2. The predicted molar refractivity (Wildman–Crippen MR) is 109 cm³/mol. The lowest BCUT2D eigenvalue weighted by Crippen LogP contribution is -2.43. The Balaban J connectivity index is 1.19. The van der Waals surface area contributed by atoms with E-state index in [9.17, 15) is 9.59 Å². The summed E-state index contributed by atoms with van der Waals surface area (Å²) in [5, 5.41) is 3.15. The smallest absolute Gasteiger partial charge is 0.243 e. The van der Waals surface area contributed by atoms with Gasteiger partial charge in [-0.05, 0) is 75.4 Å². The third-order valence-corrected chi connectivity index (χ3v) is 7.59. The van der Waals surface area contributed by atoms with Gasteiger partial charge in [0.1, 0.15) is 6.33 Å². The summed E-state index contributed by atoms with van der Waals surface area (Å²) in [6.07, 6.45) is 16.3. The maximum atomic E-state index is 13.1. The molecule has 2 bridgehead atoms. The molecule has 1 spiro atoms. The lowest BCUT2D eigenvalue weighted by atomic mass is 9.82. The van der Waals surface area contributed by atoms with Gasteiger partial charge in [0.25, 0.3) is 0 Å². The first-order valence-electron chi connectivity index (χ1n) is 11.2. The van der Waals surface area contributed by atoms with Gasteiger partial charge >= 0.3 is 0 Å². The number of allylic oxidation sites excluding steroid dienone is 2. The summed E-state index contributed by atoms with van der Waals surface area (Å²) in [4.78, 5) is 32.7. The average Bonchev–Trinajstić information content (AvgIpc) is 3.10. The van der Waals surface area contributed by atoms with Gasteiger partial charge in [-0.15, -0.1) is 0 Å². The molecule has 3 fully saturated rings. The van der Waals surface area contributed by atoms with Crippen LogP contribution >= 0.6 is 0 Å². The van der Waals surface area contributed by atoms with E-state index in [-0.39, 0.29) is 40.9 Å². The third-order valence-electron chi connectivity index (χ3n) is 7.59. The van der Waals surface area contributed by atoms with Gasteiger partial charge in [0, 0.05) is 18.9 Å². The third kappa shape index (κ3) is 3.39. The van der Waals surface area contributed by atoms with Gasteiger partial charge in [-0.25, -0.2) is 9.66 Å². The second-order valence-corrected chi connectivity index (χ2v) is 9.21. The summed E-state index contributed by atoms with van der Waals surface area (Å²) in [6, 6.07) is 0. The molecule has 1 aromatic rings. The van der Waals surface area contributed by atoms with Crippen LogP contribution in [0.1, 0.15) is 38.5 Å². The van der Waals surface area contributed by atoms with E-state index in [1.807, 2.05) is 0 Å². The lowest BCUT2D eigenvalue weighted by molar-refractivity contribution is -0.133. The zero-order chi connectivity index (χ0) is 19.8. The van der Waals surface area contributed by atoms with Crippen molar-refractivity contribution in [3.8, 4) is 0 Å². The molecule has 7 nitrogen and oxygen atoms in total. The molecule has 1 aliphatic heterocycles. The Labute approximate surface area is 171 Å². The van der Waals surface area contributed by atoms with Crippen LogP contribution in [0.4, 0.5) is 0 Å². The summed E-state index contributed by atoms with van der Waals surface area (Å²) >= 11 is 0. The van der Waals surface area contributed by atoms with E-state index < -0.39 is 0 Å². The Hall–Kier alpha value is -2.15. The van der Waals surface area contributed by atoms with Gasteiger partial charge in [0.05, 0.1) is 11.8 Å². The van der Waals surface area contributed by atoms with Crippen molar-refractivity contribution in [2.75, 3.05) is 31.6 Å². The molecule has 5 rings (SSSR count). The minimum absolute atomic E-state index is 0.0556. The highest BCUT2D eigenvalue weighted by molar-refractivity contribution is 5.94. The Morgan fingerprint density at radius 1 is 1.03 bits per heavy atom. The zero-order valence-corrected chi connectivity index (χ0v) is 16.9. The maximum absolute atomic E-state index is 13.1. The van der Waals surface area contributed by atoms with Crippen molar-refractivity contribution >= 4 is 11.8 Å². The van der Waals surface area contributed by atoms with Gasteiger partial charge in [-0.3, -0.25) is 15.0 Å². The summed E-state index contributed by atoms with van der Waals surface area (Å²) in [7, 11) is 0. The van der Waals surface area contributed by atoms with Crippen LogP contribution in [0, 0.1) is 29.1 Å². The largest absolute Gasteiger partial charge is 0.356 e. The molecule has 2 saturated carbocycles. The highest BCUT2D eigenvalue weighted by Crippen LogP contribution is 2.72. The number of amides is 2.